The van der Waals surface area contributed by atoms with Gasteiger partial charge in [0.1, 0.15) is 5.71 Å². The largest absolute Gasteiger partial charge is 0.341 e. The van der Waals surface area contributed by atoms with Gasteiger partial charge in [-0.15, -0.1) is 0 Å². The van der Waals surface area contributed by atoms with Crippen LogP contribution in [-0.4, -0.2) is 23.2 Å². The van der Waals surface area contributed by atoms with Crippen molar-refractivity contribution in [1.82, 2.24) is 4.57 Å². The normalized spacial score (nSPS) is 15.3. The Hall–Kier alpha value is -3.40. The average Bonchev–Trinajstić information content (AvgIpc) is 3.15. The lowest BCUT2D eigenvalue weighted by Crippen LogP contribution is -2.25. The van der Waals surface area contributed by atoms with Crippen LogP contribution in [0.2, 0.25) is 0 Å². The molecule has 0 aliphatic carbocycles. The van der Waals surface area contributed by atoms with Crippen LogP contribution in [0.4, 0.5) is 11.4 Å². The van der Waals surface area contributed by atoms with Crippen LogP contribution < -0.4 is 4.90 Å². The van der Waals surface area contributed by atoms with Crippen molar-refractivity contribution in [2.75, 3.05) is 11.9 Å². The molecule has 1 aromatic heterocycles. The maximum atomic E-state index is 12.7. The van der Waals surface area contributed by atoms with Gasteiger partial charge in [0.15, 0.2) is 0 Å². The van der Waals surface area contributed by atoms with Crippen molar-refractivity contribution in [2.24, 2.45) is 4.99 Å². The molecule has 0 N–H and O–H groups in total. The second-order valence-electron chi connectivity index (χ2n) is 6.80. The van der Waals surface area contributed by atoms with E-state index in [0.717, 1.165) is 23.5 Å². The van der Waals surface area contributed by atoms with Crippen molar-refractivity contribution in [3.8, 4) is 0 Å². The molecule has 4 aromatic rings. The van der Waals surface area contributed by atoms with Gasteiger partial charge in [0.05, 0.1) is 11.4 Å². The Morgan fingerprint density at radius 3 is 2.48 bits per heavy atom. The van der Waals surface area contributed by atoms with Crippen LogP contribution in [0.15, 0.2) is 71.7 Å². The predicted octanol–water partition coefficient (Wildman–Crippen LogP) is 4.91. The lowest BCUT2D eigenvalue weighted by Gasteiger charge is -2.07. The van der Waals surface area contributed by atoms with Crippen molar-refractivity contribution in [2.45, 2.75) is 13.5 Å². The van der Waals surface area contributed by atoms with Gasteiger partial charge in [0, 0.05) is 41.0 Å². The molecule has 3 aromatic carbocycles. The monoisotopic (exact) mass is 353 g/mol. The number of fused-ring (bicyclic) bond motifs is 4. The third kappa shape index (κ3) is 2.23. The summed E-state index contributed by atoms with van der Waals surface area (Å²) in [7, 11) is 1.79. The molecule has 132 valence electrons. The van der Waals surface area contributed by atoms with E-state index in [1.165, 1.54) is 21.8 Å². The van der Waals surface area contributed by atoms with Crippen molar-refractivity contribution >= 4 is 44.8 Å². The van der Waals surface area contributed by atoms with Crippen molar-refractivity contribution < 1.29 is 4.79 Å². The fourth-order valence-electron chi connectivity index (χ4n) is 4.04. The summed E-state index contributed by atoms with van der Waals surface area (Å²) in [4.78, 5) is 19.1. The maximum absolute atomic E-state index is 12.7. The van der Waals surface area contributed by atoms with Crippen LogP contribution in [0.3, 0.4) is 0 Å². The quantitative estimate of drug-likeness (QED) is 0.504. The van der Waals surface area contributed by atoms with E-state index in [1.54, 1.807) is 11.9 Å². The van der Waals surface area contributed by atoms with Crippen LogP contribution in [0.1, 0.15) is 12.5 Å². The molecule has 0 radical (unpaired) electrons. The van der Waals surface area contributed by atoms with E-state index in [2.05, 4.69) is 47.9 Å². The molecule has 0 saturated carbocycles. The molecular weight excluding hydrogens is 334 g/mol. The second kappa shape index (κ2) is 5.81. The van der Waals surface area contributed by atoms with E-state index in [1.807, 2.05) is 30.3 Å². The van der Waals surface area contributed by atoms with Crippen LogP contribution in [0, 0.1) is 0 Å². The van der Waals surface area contributed by atoms with Crippen LogP contribution in [-0.2, 0) is 11.3 Å². The van der Waals surface area contributed by atoms with E-state index < -0.39 is 0 Å². The molecule has 4 heteroatoms. The fraction of sp³-hybridized carbons (Fsp3) is 0.130. The Morgan fingerprint density at radius 2 is 1.63 bits per heavy atom. The number of para-hydroxylation sites is 2. The van der Waals surface area contributed by atoms with E-state index in [9.17, 15) is 4.79 Å². The van der Waals surface area contributed by atoms with Gasteiger partial charge in [0.25, 0.3) is 5.91 Å². The van der Waals surface area contributed by atoms with E-state index in [0.29, 0.717) is 5.71 Å². The third-order valence-corrected chi connectivity index (χ3v) is 5.34. The van der Waals surface area contributed by atoms with Gasteiger partial charge in [-0.2, -0.15) is 0 Å². The SMILES string of the molecule is CCn1c2ccccc2c2cc(N=C3C(=O)N(C)c4ccccc43)ccc21. The Balaban J connectivity index is 1.72. The lowest BCUT2D eigenvalue weighted by atomic mass is 10.1. The minimum Gasteiger partial charge on any atom is -0.341 e. The molecule has 0 saturated heterocycles. The number of rotatable bonds is 2. The molecule has 27 heavy (non-hydrogen) atoms. The highest BCUT2D eigenvalue weighted by molar-refractivity contribution is 6.54. The Bertz CT molecular complexity index is 1250. The second-order valence-corrected chi connectivity index (χ2v) is 6.80. The maximum Gasteiger partial charge on any atom is 0.277 e. The number of aromatic nitrogens is 1. The Labute approximate surface area is 157 Å². The predicted molar refractivity (Wildman–Crippen MR) is 111 cm³/mol. The molecule has 1 amide bonds. The zero-order valence-corrected chi connectivity index (χ0v) is 15.3. The molecule has 0 bridgehead atoms. The van der Waals surface area contributed by atoms with Gasteiger partial charge >= 0.3 is 0 Å². The number of benzene rings is 3. The Morgan fingerprint density at radius 1 is 0.889 bits per heavy atom. The molecule has 4 nitrogen and oxygen atoms in total. The van der Waals surface area contributed by atoms with Crippen LogP contribution in [0.25, 0.3) is 21.8 Å². The molecule has 1 aliphatic heterocycles. The zero-order valence-electron chi connectivity index (χ0n) is 15.3. The summed E-state index contributed by atoms with van der Waals surface area (Å²) in [6.07, 6.45) is 0. The van der Waals surface area contributed by atoms with Crippen LogP contribution >= 0.6 is 0 Å². The summed E-state index contributed by atoms with van der Waals surface area (Å²) in [5.74, 6) is -0.0627. The third-order valence-electron chi connectivity index (χ3n) is 5.34. The van der Waals surface area contributed by atoms with Gasteiger partial charge in [0.2, 0.25) is 0 Å². The summed E-state index contributed by atoms with van der Waals surface area (Å²) in [5, 5.41) is 2.38. The number of aryl methyl sites for hydroxylation is 1. The minimum atomic E-state index is -0.0627. The number of likely N-dealkylation sites (N-methyl/N-ethyl adjacent to an activating group) is 1. The molecular formula is C23H19N3O. The van der Waals surface area contributed by atoms with Crippen molar-refractivity contribution in [3.63, 3.8) is 0 Å². The molecule has 0 spiro atoms. The lowest BCUT2D eigenvalue weighted by molar-refractivity contribution is -0.111. The topological polar surface area (TPSA) is 37.6 Å². The highest BCUT2D eigenvalue weighted by atomic mass is 16.2. The first-order valence-electron chi connectivity index (χ1n) is 9.16. The van der Waals surface area contributed by atoms with E-state index >= 15 is 0 Å². The highest BCUT2D eigenvalue weighted by Gasteiger charge is 2.30. The van der Waals surface area contributed by atoms with Gasteiger partial charge in [-0.05, 0) is 37.3 Å². The van der Waals surface area contributed by atoms with Gasteiger partial charge in [-0.3, -0.25) is 4.79 Å². The molecule has 5 rings (SSSR count). The standard InChI is InChI=1S/C23H19N3O/c1-3-26-20-11-7-4-8-16(20)18-14-15(12-13-21(18)26)24-22-17-9-5-6-10-19(17)25(2)23(22)27/h4-14H,3H2,1-2H3. The zero-order chi connectivity index (χ0) is 18.5. The summed E-state index contributed by atoms with van der Waals surface area (Å²) in [6, 6.07) is 22.4. The summed E-state index contributed by atoms with van der Waals surface area (Å²) in [5.41, 5.74) is 5.52. The van der Waals surface area contributed by atoms with Crippen molar-refractivity contribution in [1.29, 1.82) is 0 Å². The van der Waals surface area contributed by atoms with Crippen molar-refractivity contribution in [3.05, 3.63) is 72.3 Å². The first-order valence-corrected chi connectivity index (χ1v) is 9.16. The van der Waals surface area contributed by atoms with Gasteiger partial charge in [-0.25, -0.2) is 4.99 Å². The number of aliphatic imine (C=N–C) groups is 1. The molecule has 2 heterocycles. The van der Waals surface area contributed by atoms with E-state index in [4.69, 9.17) is 4.99 Å². The Kier molecular flexibility index (Phi) is 3.41. The molecule has 0 unspecified atom stereocenters. The fourth-order valence-corrected chi connectivity index (χ4v) is 4.04. The summed E-state index contributed by atoms with van der Waals surface area (Å²) < 4.78 is 2.31. The number of anilines is 1. The number of carbonyl (C=O) groups is 1. The van der Waals surface area contributed by atoms with E-state index in [-0.39, 0.29) is 5.91 Å². The first-order chi connectivity index (χ1) is 13.2. The number of amides is 1. The van der Waals surface area contributed by atoms with Gasteiger partial charge in [-0.1, -0.05) is 36.4 Å². The average molecular weight is 353 g/mol. The summed E-state index contributed by atoms with van der Waals surface area (Å²) in [6.45, 7) is 3.07. The minimum absolute atomic E-state index is 0.0627. The number of hydrogen-bond acceptors (Lipinski definition) is 2. The smallest absolute Gasteiger partial charge is 0.277 e. The number of hydrogen-bond donors (Lipinski definition) is 0. The first kappa shape index (κ1) is 15.8. The molecule has 0 fully saturated rings. The number of carbonyl (C=O) groups excluding carboxylic acids is 1. The molecule has 0 atom stereocenters. The number of nitrogens with zero attached hydrogens (tertiary/aromatic N) is 3. The highest BCUT2D eigenvalue weighted by Crippen LogP contribution is 2.33. The summed E-state index contributed by atoms with van der Waals surface area (Å²) >= 11 is 0. The van der Waals surface area contributed by atoms with Crippen LogP contribution in [0.5, 0.6) is 0 Å². The molecule has 1 aliphatic rings. The van der Waals surface area contributed by atoms with Gasteiger partial charge < -0.3 is 9.47 Å².